The molecule has 1 N–H and O–H groups in total. The van der Waals surface area contributed by atoms with Gasteiger partial charge in [0, 0.05) is 25.7 Å². The van der Waals surface area contributed by atoms with Crippen LogP contribution in [-0.2, 0) is 11.3 Å². The fraction of sp³-hybridized carbons (Fsp3) is 0.625. The van der Waals surface area contributed by atoms with Gasteiger partial charge < -0.3 is 14.7 Å². The number of ether oxygens (including phenoxy) is 1. The lowest BCUT2D eigenvalue weighted by molar-refractivity contribution is -0.0771. The molecule has 1 fully saturated rings. The summed E-state index contributed by atoms with van der Waals surface area (Å²) in [7, 11) is 0. The summed E-state index contributed by atoms with van der Waals surface area (Å²) in [6.07, 6.45) is 0.381. The largest absolute Gasteiger partial charge is 0.444 e. The van der Waals surface area contributed by atoms with Gasteiger partial charge in [0.25, 0.3) is 5.92 Å². The average molecular weight is 328 g/mol. The molecule has 1 saturated heterocycles. The maximum Gasteiger partial charge on any atom is 0.410 e. The second-order valence-electron chi connectivity index (χ2n) is 6.73. The molecule has 7 heteroatoms. The summed E-state index contributed by atoms with van der Waals surface area (Å²) in [4.78, 5) is 17.3. The molecule has 128 valence electrons. The molecule has 1 aliphatic rings. The van der Waals surface area contributed by atoms with Gasteiger partial charge in [0.2, 0.25) is 0 Å². The molecule has 0 saturated carbocycles. The van der Waals surface area contributed by atoms with Crippen molar-refractivity contribution in [3.63, 3.8) is 0 Å². The van der Waals surface area contributed by atoms with Crippen molar-refractivity contribution in [2.45, 2.75) is 51.2 Å². The van der Waals surface area contributed by atoms with Crippen molar-refractivity contribution in [2.75, 3.05) is 13.1 Å². The van der Waals surface area contributed by atoms with Crippen molar-refractivity contribution in [3.05, 3.63) is 29.6 Å². The van der Waals surface area contributed by atoms with Crippen LogP contribution >= 0.6 is 0 Å². The van der Waals surface area contributed by atoms with E-state index in [1.165, 1.54) is 23.2 Å². The van der Waals surface area contributed by atoms with Crippen LogP contribution < -0.4 is 0 Å². The molecule has 0 aromatic carbocycles. The Labute approximate surface area is 134 Å². The van der Waals surface area contributed by atoms with E-state index in [-0.39, 0.29) is 19.7 Å². The Hall–Kier alpha value is -1.76. The minimum Gasteiger partial charge on any atom is -0.444 e. The lowest BCUT2D eigenvalue weighted by atomic mass is 9.87. The van der Waals surface area contributed by atoms with Gasteiger partial charge in [-0.25, -0.2) is 13.6 Å². The molecule has 1 aromatic heterocycles. The number of aliphatic hydroxyl groups is 1. The predicted molar refractivity (Wildman–Crippen MR) is 80.3 cm³/mol. The lowest BCUT2D eigenvalue weighted by Gasteiger charge is -2.39. The summed E-state index contributed by atoms with van der Waals surface area (Å²) in [6.45, 7) is 4.71. The molecule has 2 heterocycles. The van der Waals surface area contributed by atoms with Crippen LogP contribution in [0.5, 0.6) is 0 Å². The summed E-state index contributed by atoms with van der Waals surface area (Å²) >= 11 is 0. The van der Waals surface area contributed by atoms with E-state index in [4.69, 9.17) is 9.84 Å². The van der Waals surface area contributed by atoms with Crippen LogP contribution in [0.25, 0.3) is 0 Å². The molecule has 1 atom stereocenters. The zero-order chi connectivity index (χ0) is 17.3. The molecule has 1 aromatic rings. The number of rotatable bonds is 2. The first-order chi connectivity index (χ1) is 10.6. The fourth-order valence-electron chi connectivity index (χ4n) is 2.55. The molecule has 0 unspecified atom stereocenters. The Morgan fingerprint density at radius 3 is 2.83 bits per heavy atom. The topological polar surface area (TPSA) is 62.7 Å². The van der Waals surface area contributed by atoms with Crippen molar-refractivity contribution in [1.29, 1.82) is 0 Å². The van der Waals surface area contributed by atoms with Crippen LogP contribution in [0.2, 0.25) is 0 Å². The number of aliphatic hydroxyl groups excluding tert-OH is 1. The maximum atomic E-state index is 14.3. The molecule has 1 aliphatic heterocycles. The first-order valence-electron chi connectivity index (χ1n) is 7.54. The SMILES string of the molecule is CC(C)(C)OC(=O)N1CCC(F)(F)[C@@H](c2ccnc(CO)c2)C1. The van der Waals surface area contributed by atoms with Gasteiger partial charge in [0.05, 0.1) is 18.2 Å². The van der Waals surface area contributed by atoms with E-state index in [0.29, 0.717) is 11.3 Å². The Morgan fingerprint density at radius 1 is 1.52 bits per heavy atom. The van der Waals surface area contributed by atoms with Crippen LogP contribution in [0, 0.1) is 0 Å². The normalized spacial score (nSPS) is 21.1. The third kappa shape index (κ3) is 4.37. The van der Waals surface area contributed by atoms with Crippen LogP contribution in [0.3, 0.4) is 0 Å². The minimum atomic E-state index is -2.92. The lowest BCUT2D eigenvalue weighted by Crippen LogP contribution is -2.49. The summed E-state index contributed by atoms with van der Waals surface area (Å²) < 4.78 is 33.9. The average Bonchev–Trinajstić information content (AvgIpc) is 2.45. The predicted octanol–water partition coefficient (Wildman–Crippen LogP) is 2.93. The number of pyridine rings is 1. The highest BCUT2D eigenvalue weighted by molar-refractivity contribution is 5.68. The van der Waals surface area contributed by atoms with E-state index in [9.17, 15) is 13.6 Å². The summed E-state index contributed by atoms with van der Waals surface area (Å²) in [5, 5.41) is 9.12. The summed E-state index contributed by atoms with van der Waals surface area (Å²) in [5.74, 6) is -4.07. The molecular weight excluding hydrogens is 306 g/mol. The number of halogens is 2. The van der Waals surface area contributed by atoms with Gasteiger partial charge in [-0.2, -0.15) is 0 Å². The van der Waals surface area contributed by atoms with Gasteiger partial charge in [-0.1, -0.05) is 0 Å². The monoisotopic (exact) mass is 328 g/mol. The zero-order valence-electron chi connectivity index (χ0n) is 13.6. The number of amides is 1. The van der Waals surface area contributed by atoms with Crippen LogP contribution in [0.15, 0.2) is 18.3 Å². The molecule has 0 radical (unpaired) electrons. The molecule has 0 bridgehead atoms. The molecule has 5 nitrogen and oxygen atoms in total. The van der Waals surface area contributed by atoms with Gasteiger partial charge in [-0.05, 0) is 38.5 Å². The van der Waals surface area contributed by atoms with Gasteiger partial charge in [-0.3, -0.25) is 4.98 Å². The fourth-order valence-corrected chi connectivity index (χ4v) is 2.55. The highest BCUT2D eigenvalue weighted by atomic mass is 19.3. The van der Waals surface area contributed by atoms with Crippen molar-refractivity contribution in [2.24, 2.45) is 0 Å². The van der Waals surface area contributed by atoms with Crippen molar-refractivity contribution in [1.82, 2.24) is 9.88 Å². The smallest absolute Gasteiger partial charge is 0.410 e. The number of piperidine rings is 1. The number of carbonyl (C=O) groups is 1. The van der Waals surface area contributed by atoms with Crippen LogP contribution in [0.1, 0.15) is 44.4 Å². The van der Waals surface area contributed by atoms with E-state index in [0.717, 1.165) is 0 Å². The van der Waals surface area contributed by atoms with E-state index in [1.54, 1.807) is 20.8 Å². The Kier molecular flexibility index (Phi) is 4.89. The number of aromatic nitrogens is 1. The second-order valence-corrected chi connectivity index (χ2v) is 6.73. The molecular formula is C16H22F2N2O3. The second kappa shape index (κ2) is 6.39. The number of hydrogen-bond donors (Lipinski definition) is 1. The number of alkyl halides is 2. The molecule has 2 rings (SSSR count). The Balaban J connectivity index is 2.20. The number of carbonyl (C=O) groups excluding carboxylic acids is 1. The molecule has 0 spiro atoms. The van der Waals surface area contributed by atoms with Gasteiger partial charge >= 0.3 is 6.09 Å². The summed E-state index contributed by atoms with van der Waals surface area (Å²) in [6, 6.07) is 2.95. The Bertz CT molecular complexity index is 573. The van der Waals surface area contributed by atoms with E-state index < -0.39 is 30.0 Å². The van der Waals surface area contributed by atoms with Crippen molar-refractivity contribution in [3.8, 4) is 0 Å². The summed E-state index contributed by atoms with van der Waals surface area (Å²) in [5.41, 5.74) is 0.0165. The van der Waals surface area contributed by atoms with E-state index in [2.05, 4.69) is 4.98 Å². The number of hydrogen-bond acceptors (Lipinski definition) is 4. The van der Waals surface area contributed by atoms with Gasteiger partial charge in [0.1, 0.15) is 5.60 Å². The minimum absolute atomic E-state index is 0.0453. The molecule has 1 amide bonds. The quantitative estimate of drug-likeness (QED) is 0.907. The molecule has 23 heavy (non-hydrogen) atoms. The third-order valence-electron chi connectivity index (χ3n) is 3.68. The first-order valence-corrected chi connectivity index (χ1v) is 7.54. The van der Waals surface area contributed by atoms with Crippen LogP contribution in [-0.4, -0.2) is 45.7 Å². The first kappa shape index (κ1) is 17.6. The number of nitrogens with zero attached hydrogens (tertiary/aromatic N) is 2. The van der Waals surface area contributed by atoms with E-state index >= 15 is 0 Å². The third-order valence-corrected chi connectivity index (χ3v) is 3.68. The zero-order valence-corrected chi connectivity index (χ0v) is 13.6. The highest BCUT2D eigenvalue weighted by Crippen LogP contribution is 2.40. The molecule has 0 aliphatic carbocycles. The van der Waals surface area contributed by atoms with Crippen molar-refractivity contribution >= 4 is 6.09 Å². The number of likely N-dealkylation sites (tertiary alicyclic amines) is 1. The standard InChI is InChI=1S/C16H22F2N2O3/c1-15(2,3)23-14(22)20-7-5-16(17,18)13(9-20)11-4-6-19-12(8-11)10-21/h4,6,8,13,21H,5,7,9-10H2,1-3H3/t13-/m1/s1. The maximum absolute atomic E-state index is 14.3. The van der Waals surface area contributed by atoms with Crippen LogP contribution in [0.4, 0.5) is 13.6 Å². The Morgan fingerprint density at radius 2 is 2.22 bits per heavy atom. The van der Waals surface area contributed by atoms with E-state index in [1.807, 2.05) is 0 Å². The van der Waals surface area contributed by atoms with Gasteiger partial charge in [0.15, 0.2) is 0 Å². The highest BCUT2D eigenvalue weighted by Gasteiger charge is 2.46. The van der Waals surface area contributed by atoms with Gasteiger partial charge in [-0.15, -0.1) is 0 Å². The van der Waals surface area contributed by atoms with Crippen molar-refractivity contribution < 1.29 is 23.4 Å².